The lowest BCUT2D eigenvalue weighted by atomic mass is 10.1. The minimum Gasteiger partial charge on any atom is -0.444 e. The highest BCUT2D eigenvalue weighted by molar-refractivity contribution is 6.05. The smallest absolute Gasteiger partial charge is 0.408 e. The third-order valence-corrected chi connectivity index (χ3v) is 6.52. The number of fused-ring (bicyclic) bond motifs is 1. The van der Waals surface area contributed by atoms with E-state index in [1.54, 1.807) is 81.1 Å². The Morgan fingerprint density at radius 2 is 1.79 bits per heavy atom. The van der Waals surface area contributed by atoms with Gasteiger partial charge in [0.25, 0.3) is 11.8 Å². The summed E-state index contributed by atoms with van der Waals surface area (Å²) in [5, 5.41) is 5.34. The van der Waals surface area contributed by atoms with Crippen molar-refractivity contribution in [1.29, 1.82) is 0 Å². The second-order valence-electron chi connectivity index (χ2n) is 10.7. The van der Waals surface area contributed by atoms with Crippen molar-refractivity contribution in [3.63, 3.8) is 0 Å². The van der Waals surface area contributed by atoms with Crippen molar-refractivity contribution in [3.05, 3.63) is 88.3 Å². The van der Waals surface area contributed by atoms with E-state index in [1.165, 1.54) is 24.1 Å². The normalized spacial score (nSPS) is 11.9. The molecule has 12 nitrogen and oxygen atoms in total. The summed E-state index contributed by atoms with van der Waals surface area (Å²) < 4.78 is 7.01. The highest BCUT2D eigenvalue weighted by Gasteiger charge is 2.32. The van der Waals surface area contributed by atoms with E-state index in [0.29, 0.717) is 17.8 Å². The molecule has 3 aromatic heterocycles. The van der Waals surface area contributed by atoms with Crippen LogP contribution in [-0.2, 0) is 22.5 Å². The molecule has 43 heavy (non-hydrogen) atoms. The zero-order chi connectivity index (χ0) is 31.3. The summed E-state index contributed by atoms with van der Waals surface area (Å²) in [6.07, 6.45) is 2.59. The number of para-hydroxylation sites is 1. The van der Waals surface area contributed by atoms with Gasteiger partial charge in [-0.25, -0.2) is 9.78 Å². The topological polar surface area (TPSA) is 162 Å². The molecule has 0 aliphatic carbocycles. The Labute approximate surface area is 248 Å². The molecule has 1 unspecified atom stereocenters. The third-order valence-electron chi connectivity index (χ3n) is 6.52. The molecule has 0 radical (unpaired) electrons. The van der Waals surface area contributed by atoms with E-state index in [4.69, 9.17) is 15.5 Å². The van der Waals surface area contributed by atoms with Crippen LogP contribution in [0, 0.1) is 0 Å². The number of hydrogen-bond acceptors (Lipinski definition) is 8. The number of carbonyl (C=O) groups excluding carboxylic acids is 3. The average Bonchev–Trinajstić information content (AvgIpc) is 2.97. The summed E-state index contributed by atoms with van der Waals surface area (Å²) in [4.78, 5) is 63.3. The zero-order valence-corrected chi connectivity index (χ0v) is 24.7. The molecular formula is C31H35N7O5. The van der Waals surface area contributed by atoms with E-state index >= 15 is 0 Å². The van der Waals surface area contributed by atoms with Gasteiger partial charge in [0.2, 0.25) is 5.43 Å². The van der Waals surface area contributed by atoms with Gasteiger partial charge < -0.3 is 25.7 Å². The number of hydrogen-bond donors (Lipinski definition) is 3. The molecule has 1 atom stereocenters. The van der Waals surface area contributed by atoms with Crippen molar-refractivity contribution in [2.75, 3.05) is 17.7 Å². The molecule has 0 saturated carbocycles. The first-order valence-electron chi connectivity index (χ1n) is 13.8. The number of pyridine rings is 3. The number of rotatable bonds is 8. The van der Waals surface area contributed by atoms with E-state index in [0.717, 1.165) is 0 Å². The standard InChI is InChI=1S/C31H35N7O5/c1-6-37-26(32)24(28(40)33-5)25(39)21-14-15-23(36-27(21)37)38(20-12-8-7-9-13-20)29(41)22(17-19-11-10-16-34-18-19)35-30(42)43-31(2,3)4/h7-16,18,22H,6,17,32H2,1-5H3,(H,33,40)(H,35,42). The lowest BCUT2D eigenvalue weighted by Gasteiger charge is -2.29. The van der Waals surface area contributed by atoms with E-state index in [9.17, 15) is 19.2 Å². The quantitative estimate of drug-likeness (QED) is 0.283. The van der Waals surface area contributed by atoms with Crippen LogP contribution in [0.2, 0.25) is 0 Å². The second kappa shape index (κ2) is 12.7. The number of benzene rings is 1. The molecule has 4 rings (SSSR count). The molecule has 12 heteroatoms. The molecule has 0 saturated heterocycles. The summed E-state index contributed by atoms with van der Waals surface area (Å²) in [5.74, 6) is -0.974. The van der Waals surface area contributed by atoms with Gasteiger partial charge in [-0.05, 0) is 63.6 Å². The van der Waals surface area contributed by atoms with Crippen LogP contribution >= 0.6 is 0 Å². The fourth-order valence-corrected chi connectivity index (χ4v) is 4.62. The van der Waals surface area contributed by atoms with Crippen LogP contribution in [0.25, 0.3) is 11.0 Å². The summed E-state index contributed by atoms with van der Waals surface area (Å²) in [6, 6.07) is 14.3. The van der Waals surface area contributed by atoms with Crippen LogP contribution < -0.4 is 26.7 Å². The largest absolute Gasteiger partial charge is 0.444 e. The highest BCUT2D eigenvalue weighted by Crippen LogP contribution is 2.28. The van der Waals surface area contributed by atoms with Gasteiger partial charge in [0.05, 0.1) is 11.1 Å². The van der Waals surface area contributed by atoms with Crippen LogP contribution in [0.5, 0.6) is 0 Å². The number of nitrogens with zero attached hydrogens (tertiary/aromatic N) is 4. The second-order valence-corrected chi connectivity index (χ2v) is 10.7. The Morgan fingerprint density at radius 3 is 2.40 bits per heavy atom. The predicted octanol–water partition coefficient (Wildman–Crippen LogP) is 3.55. The number of anilines is 3. The molecule has 0 bridgehead atoms. The Hall–Kier alpha value is -5.26. The highest BCUT2D eigenvalue weighted by atomic mass is 16.6. The Balaban J connectivity index is 1.88. The monoisotopic (exact) mass is 585 g/mol. The first-order valence-corrected chi connectivity index (χ1v) is 13.8. The molecule has 3 heterocycles. The molecule has 224 valence electrons. The van der Waals surface area contributed by atoms with Gasteiger partial charge in [-0.3, -0.25) is 24.3 Å². The number of ether oxygens (including phenoxy) is 1. The maximum absolute atomic E-state index is 14.4. The lowest BCUT2D eigenvalue weighted by Crippen LogP contribution is -2.50. The van der Waals surface area contributed by atoms with Gasteiger partial charge in [-0.1, -0.05) is 24.3 Å². The maximum atomic E-state index is 14.4. The predicted molar refractivity (Wildman–Crippen MR) is 164 cm³/mol. The first-order chi connectivity index (χ1) is 20.4. The zero-order valence-electron chi connectivity index (χ0n) is 24.7. The van der Waals surface area contributed by atoms with Crippen molar-refractivity contribution in [1.82, 2.24) is 25.2 Å². The molecule has 4 aromatic rings. The van der Waals surface area contributed by atoms with Gasteiger partial charge in [0.15, 0.2) is 0 Å². The number of amides is 3. The van der Waals surface area contributed by atoms with E-state index in [2.05, 4.69) is 15.6 Å². The average molecular weight is 586 g/mol. The number of nitrogen functional groups attached to an aromatic ring is 1. The Morgan fingerprint density at radius 1 is 1.07 bits per heavy atom. The fourth-order valence-electron chi connectivity index (χ4n) is 4.62. The van der Waals surface area contributed by atoms with Crippen molar-refractivity contribution in [3.8, 4) is 0 Å². The molecule has 1 aromatic carbocycles. The van der Waals surface area contributed by atoms with Gasteiger partial charge in [0, 0.05) is 32.4 Å². The third kappa shape index (κ3) is 6.80. The number of aryl methyl sites for hydroxylation is 1. The first kappa shape index (κ1) is 30.7. The van der Waals surface area contributed by atoms with Crippen LogP contribution in [0.15, 0.2) is 71.8 Å². The number of aromatic nitrogens is 3. The minimum atomic E-state index is -1.08. The van der Waals surface area contributed by atoms with Gasteiger partial charge in [0.1, 0.15) is 34.5 Å². The number of nitrogens with two attached hydrogens (primary N) is 1. The Kier molecular flexibility index (Phi) is 9.08. The fraction of sp³-hybridized carbons (Fsp3) is 0.290. The summed E-state index contributed by atoms with van der Waals surface area (Å²) in [5.41, 5.74) is 6.13. The van der Waals surface area contributed by atoms with Gasteiger partial charge in [-0.15, -0.1) is 0 Å². The van der Waals surface area contributed by atoms with Crippen LogP contribution in [-0.4, -0.2) is 51.1 Å². The SMILES string of the molecule is CCn1c(N)c(C(=O)NC)c(=O)c2ccc(N(C(=O)C(Cc3cccnc3)NC(=O)OC(C)(C)C)c3ccccc3)nc21. The van der Waals surface area contributed by atoms with E-state index in [-0.39, 0.29) is 34.7 Å². The number of carbonyl (C=O) groups is 3. The van der Waals surface area contributed by atoms with Crippen LogP contribution in [0.4, 0.5) is 22.1 Å². The Bertz CT molecular complexity index is 1700. The van der Waals surface area contributed by atoms with Crippen molar-refractivity contribution >= 4 is 46.3 Å². The van der Waals surface area contributed by atoms with Crippen LogP contribution in [0.3, 0.4) is 0 Å². The molecule has 4 N–H and O–H groups in total. The van der Waals surface area contributed by atoms with E-state index in [1.807, 2.05) is 6.07 Å². The van der Waals surface area contributed by atoms with Gasteiger partial charge >= 0.3 is 6.09 Å². The van der Waals surface area contributed by atoms with Crippen molar-refractivity contribution in [2.24, 2.45) is 0 Å². The molecular weight excluding hydrogens is 550 g/mol. The number of alkyl carbamates (subject to hydrolysis) is 1. The van der Waals surface area contributed by atoms with Crippen LogP contribution in [0.1, 0.15) is 43.6 Å². The number of nitrogens with one attached hydrogen (secondary N) is 2. The van der Waals surface area contributed by atoms with Gasteiger partial charge in [-0.2, -0.15) is 0 Å². The molecule has 0 aliphatic rings. The summed E-state index contributed by atoms with van der Waals surface area (Å²) in [7, 11) is 1.42. The minimum absolute atomic E-state index is 0.0392. The maximum Gasteiger partial charge on any atom is 0.408 e. The lowest BCUT2D eigenvalue weighted by molar-refractivity contribution is -0.120. The molecule has 0 spiro atoms. The molecule has 0 aliphatic heterocycles. The van der Waals surface area contributed by atoms with Crippen molar-refractivity contribution < 1.29 is 19.1 Å². The van der Waals surface area contributed by atoms with E-state index < -0.39 is 35.0 Å². The molecule has 0 fully saturated rings. The molecule has 3 amide bonds. The summed E-state index contributed by atoms with van der Waals surface area (Å²) >= 11 is 0. The van der Waals surface area contributed by atoms with Crippen molar-refractivity contribution in [2.45, 2.75) is 52.3 Å². The summed E-state index contributed by atoms with van der Waals surface area (Å²) in [6.45, 7) is 7.29.